The van der Waals surface area contributed by atoms with E-state index >= 15 is 0 Å². The normalized spacial score (nSPS) is 14.5. The van der Waals surface area contributed by atoms with Gasteiger partial charge in [0.1, 0.15) is 0 Å². The minimum Gasteiger partial charge on any atom is -0.0847 e. The van der Waals surface area contributed by atoms with Gasteiger partial charge in [0.2, 0.25) is 0 Å². The molecule has 0 unspecified atom stereocenters. The van der Waals surface area contributed by atoms with E-state index in [9.17, 15) is 0 Å². The van der Waals surface area contributed by atoms with Crippen molar-refractivity contribution < 1.29 is 0 Å². The highest BCUT2D eigenvalue weighted by molar-refractivity contribution is 5.25. The van der Waals surface area contributed by atoms with Crippen LogP contribution in [-0.4, -0.2) is 0 Å². The van der Waals surface area contributed by atoms with Crippen molar-refractivity contribution in [3.8, 4) is 0 Å². The molecule has 0 heterocycles. The Morgan fingerprint density at radius 3 is 2.09 bits per heavy atom. The van der Waals surface area contributed by atoms with Crippen molar-refractivity contribution in [2.24, 2.45) is 0 Å². The van der Waals surface area contributed by atoms with Gasteiger partial charge in [0.25, 0.3) is 0 Å². The van der Waals surface area contributed by atoms with Crippen LogP contribution >= 0.6 is 0 Å². The molecule has 0 aliphatic heterocycles. The summed E-state index contributed by atoms with van der Waals surface area (Å²) in [5, 5.41) is 0. The molecule has 0 fully saturated rings. The first-order valence-corrected chi connectivity index (χ1v) is 4.20. The minimum atomic E-state index is 1.12. The SMILES string of the molecule is C/C=C(C)/C=C\C(=C\C)CC. The molecule has 0 nitrogen and oxygen atoms in total. The van der Waals surface area contributed by atoms with Crippen molar-refractivity contribution in [3.05, 3.63) is 35.5 Å². The first-order valence-electron chi connectivity index (χ1n) is 4.20. The van der Waals surface area contributed by atoms with E-state index in [1.54, 1.807) is 0 Å². The molecule has 0 radical (unpaired) electrons. The molecule has 62 valence electrons. The molecule has 0 rings (SSSR count). The Balaban J connectivity index is 4.12. The predicted octanol–water partition coefficient (Wildman–Crippen LogP) is 3.87. The Bertz CT molecular complexity index is 180. The largest absolute Gasteiger partial charge is 0.0847 e. The Hall–Kier alpha value is -0.780. The topological polar surface area (TPSA) is 0 Å². The van der Waals surface area contributed by atoms with E-state index in [4.69, 9.17) is 0 Å². The molecule has 0 spiro atoms. The Labute approximate surface area is 70.3 Å². The molecule has 0 N–H and O–H groups in total. The summed E-state index contributed by atoms with van der Waals surface area (Å²) < 4.78 is 0. The van der Waals surface area contributed by atoms with E-state index in [2.05, 4.69) is 52.0 Å². The summed E-state index contributed by atoms with van der Waals surface area (Å²) in [6.07, 6.45) is 9.71. The summed E-state index contributed by atoms with van der Waals surface area (Å²) in [7, 11) is 0. The Morgan fingerprint density at radius 1 is 1.09 bits per heavy atom. The second-order valence-electron chi connectivity index (χ2n) is 2.58. The van der Waals surface area contributed by atoms with Gasteiger partial charge < -0.3 is 0 Å². The second-order valence-corrected chi connectivity index (χ2v) is 2.58. The van der Waals surface area contributed by atoms with E-state index in [-0.39, 0.29) is 0 Å². The van der Waals surface area contributed by atoms with Crippen LogP contribution in [-0.2, 0) is 0 Å². The summed E-state index contributed by atoms with van der Waals surface area (Å²) in [5.74, 6) is 0. The van der Waals surface area contributed by atoms with E-state index in [1.165, 1.54) is 11.1 Å². The fourth-order valence-electron chi connectivity index (χ4n) is 0.753. The van der Waals surface area contributed by atoms with Crippen LogP contribution in [0.2, 0.25) is 0 Å². The van der Waals surface area contributed by atoms with Gasteiger partial charge in [0.15, 0.2) is 0 Å². The van der Waals surface area contributed by atoms with Crippen LogP contribution < -0.4 is 0 Å². The lowest BCUT2D eigenvalue weighted by atomic mass is 10.1. The molecule has 0 aliphatic carbocycles. The zero-order valence-corrected chi connectivity index (χ0v) is 8.02. The zero-order chi connectivity index (χ0) is 8.69. The van der Waals surface area contributed by atoms with Crippen molar-refractivity contribution in [3.63, 3.8) is 0 Å². The average molecular weight is 150 g/mol. The van der Waals surface area contributed by atoms with E-state index in [0.29, 0.717) is 0 Å². The van der Waals surface area contributed by atoms with Crippen LogP contribution in [0.15, 0.2) is 35.5 Å². The van der Waals surface area contributed by atoms with E-state index in [1.807, 2.05) is 0 Å². The van der Waals surface area contributed by atoms with Crippen molar-refractivity contribution in [1.29, 1.82) is 0 Å². The molecule has 0 saturated carbocycles. The molecule has 0 saturated heterocycles. The molecular weight excluding hydrogens is 132 g/mol. The monoisotopic (exact) mass is 150 g/mol. The number of rotatable bonds is 3. The van der Waals surface area contributed by atoms with Gasteiger partial charge in [-0.1, -0.05) is 42.4 Å². The first kappa shape index (κ1) is 10.2. The third kappa shape index (κ3) is 4.60. The van der Waals surface area contributed by atoms with Crippen LogP contribution in [0.3, 0.4) is 0 Å². The smallest absolute Gasteiger partial charge is 0.0311 e. The lowest BCUT2D eigenvalue weighted by Gasteiger charge is -1.93. The van der Waals surface area contributed by atoms with Gasteiger partial charge in [-0.2, -0.15) is 0 Å². The number of hydrogen-bond acceptors (Lipinski definition) is 0. The quantitative estimate of drug-likeness (QED) is 0.536. The molecule has 0 aromatic heterocycles. The van der Waals surface area contributed by atoms with Gasteiger partial charge in [0, 0.05) is 0 Å². The van der Waals surface area contributed by atoms with Gasteiger partial charge >= 0.3 is 0 Å². The summed E-state index contributed by atoms with van der Waals surface area (Å²) in [6.45, 7) is 8.42. The molecule has 11 heavy (non-hydrogen) atoms. The Morgan fingerprint density at radius 2 is 1.73 bits per heavy atom. The van der Waals surface area contributed by atoms with Crippen LogP contribution in [0.5, 0.6) is 0 Å². The molecular formula is C11H18. The van der Waals surface area contributed by atoms with Crippen LogP contribution in [0.1, 0.15) is 34.1 Å². The van der Waals surface area contributed by atoms with Gasteiger partial charge in [-0.3, -0.25) is 0 Å². The summed E-state index contributed by atoms with van der Waals surface area (Å²) in [5.41, 5.74) is 2.71. The highest BCUT2D eigenvalue weighted by Gasteiger charge is 1.83. The maximum atomic E-state index is 2.18. The summed E-state index contributed by atoms with van der Waals surface area (Å²) in [6, 6.07) is 0. The molecule has 0 amide bonds. The fraction of sp³-hybridized carbons (Fsp3) is 0.455. The van der Waals surface area contributed by atoms with Gasteiger partial charge in [-0.15, -0.1) is 0 Å². The molecule has 0 aromatic rings. The van der Waals surface area contributed by atoms with E-state index in [0.717, 1.165) is 6.42 Å². The molecule has 0 atom stereocenters. The highest BCUT2D eigenvalue weighted by atomic mass is 13.9. The van der Waals surface area contributed by atoms with Crippen molar-refractivity contribution in [1.82, 2.24) is 0 Å². The lowest BCUT2D eigenvalue weighted by Crippen LogP contribution is -1.73. The number of allylic oxidation sites excluding steroid dienone is 6. The van der Waals surface area contributed by atoms with Gasteiger partial charge in [0.05, 0.1) is 0 Å². The number of hydrogen-bond donors (Lipinski definition) is 0. The van der Waals surface area contributed by atoms with Crippen LogP contribution in [0.25, 0.3) is 0 Å². The molecule has 0 bridgehead atoms. The van der Waals surface area contributed by atoms with Gasteiger partial charge in [-0.25, -0.2) is 0 Å². The van der Waals surface area contributed by atoms with Gasteiger partial charge in [-0.05, 0) is 27.2 Å². The molecule has 0 aliphatic rings. The first-order chi connectivity index (χ1) is 5.24. The third-order valence-electron chi connectivity index (χ3n) is 1.79. The van der Waals surface area contributed by atoms with Crippen molar-refractivity contribution >= 4 is 0 Å². The third-order valence-corrected chi connectivity index (χ3v) is 1.79. The average Bonchev–Trinajstić information content (AvgIpc) is 2.06. The van der Waals surface area contributed by atoms with Crippen LogP contribution in [0, 0.1) is 0 Å². The minimum absolute atomic E-state index is 1.12. The fourth-order valence-corrected chi connectivity index (χ4v) is 0.753. The zero-order valence-electron chi connectivity index (χ0n) is 8.02. The second kappa shape index (κ2) is 5.96. The van der Waals surface area contributed by atoms with Crippen molar-refractivity contribution in [2.45, 2.75) is 34.1 Å². The standard InChI is InChI=1S/C11H18/c1-5-10(4)8-9-11(6-2)7-3/h5-6,8-9H,7H2,1-4H3/b9-8-,10-5+,11-6+. The maximum Gasteiger partial charge on any atom is -0.0311 e. The predicted molar refractivity (Wildman–Crippen MR) is 52.6 cm³/mol. The van der Waals surface area contributed by atoms with E-state index < -0.39 is 0 Å². The maximum absolute atomic E-state index is 2.18. The van der Waals surface area contributed by atoms with Crippen molar-refractivity contribution in [2.75, 3.05) is 0 Å². The molecule has 0 heteroatoms. The Kier molecular flexibility index (Phi) is 5.54. The summed E-state index contributed by atoms with van der Waals surface area (Å²) >= 11 is 0. The van der Waals surface area contributed by atoms with Crippen LogP contribution in [0.4, 0.5) is 0 Å². The molecule has 0 aromatic carbocycles. The highest BCUT2D eigenvalue weighted by Crippen LogP contribution is 2.04. The lowest BCUT2D eigenvalue weighted by molar-refractivity contribution is 1.14. The summed E-state index contributed by atoms with van der Waals surface area (Å²) in [4.78, 5) is 0.